The molecule has 1 aromatic carbocycles. The third-order valence-electron chi connectivity index (χ3n) is 4.21. The van der Waals surface area contributed by atoms with E-state index in [0.717, 1.165) is 23.6 Å². The molecule has 3 nitrogen and oxygen atoms in total. The molecule has 1 heterocycles. The standard InChI is InChI=1S/C18H23F3N2O/c1-6-14-11-23(12(2)22-14)15-8-7-13(9-16(15)24-5)10-17(3,4)18(19,20)21/h7-9,11H,6,10H2,1-5H3. The molecule has 0 saturated heterocycles. The molecular weight excluding hydrogens is 317 g/mol. The molecule has 0 bridgehead atoms. The van der Waals surface area contributed by atoms with E-state index in [4.69, 9.17) is 4.74 Å². The maximum Gasteiger partial charge on any atom is 0.394 e. The number of methoxy groups -OCH3 is 1. The highest BCUT2D eigenvalue weighted by molar-refractivity contribution is 5.50. The van der Waals surface area contributed by atoms with Gasteiger partial charge in [0.2, 0.25) is 0 Å². The number of hydrogen-bond donors (Lipinski definition) is 0. The molecule has 0 atom stereocenters. The topological polar surface area (TPSA) is 27.1 Å². The average molecular weight is 340 g/mol. The summed E-state index contributed by atoms with van der Waals surface area (Å²) in [6, 6.07) is 5.18. The summed E-state index contributed by atoms with van der Waals surface area (Å²) in [6.07, 6.45) is -1.62. The third kappa shape index (κ3) is 3.57. The van der Waals surface area contributed by atoms with Crippen LogP contribution in [0.4, 0.5) is 13.2 Å². The van der Waals surface area contributed by atoms with Gasteiger partial charge in [-0.15, -0.1) is 0 Å². The first-order valence-electron chi connectivity index (χ1n) is 7.88. The van der Waals surface area contributed by atoms with E-state index in [2.05, 4.69) is 4.98 Å². The maximum absolute atomic E-state index is 13.1. The number of ether oxygens (including phenoxy) is 1. The molecule has 6 heteroatoms. The van der Waals surface area contributed by atoms with Crippen molar-refractivity contribution in [3.05, 3.63) is 41.5 Å². The first-order chi connectivity index (χ1) is 11.1. The molecule has 0 unspecified atom stereocenters. The van der Waals surface area contributed by atoms with Crippen LogP contribution >= 0.6 is 0 Å². The van der Waals surface area contributed by atoms with E-state index in [-0.39, 0.29) is 6.42 Å². The molecule has 2 rings (SSSR count). The summed E-state index contributed by atoms with van der Waals surface area (Å²) in [4.78, 5) is 4.45. The quantitative estimate of drug-likeness (QED) is 0.775. The molecule has 0 N–H and O–H groups in total. The summed E-state index contributed by atoms with van der Waals surface area (Å²) in [5.74, 6) is 1.35. The van der Waals surface area contributed by atoms with Gasteiger partial charge in [-0.05, 0) is 37.5 Å². The predicted octanol–water partition coefficient (Wildman–Crippen LogP) is 4.88. The second-order valence-electron chi connectivity index (χ2n) is 6.57. The largest absolute Gasteiger partial charge is 0.495 e. The number of imidazole rings is 1. The Morgan fingerprint density at radius 1 is 1.21 bits per heavy atom. The number of aromatic nitrogens is 2. The average Bonchev–Trinajstić information content (AvgIpc) is 2.86. The van der Waals surface area contributed by atoms with Crippen LogP contribution in [0.5, 0.6) is 5.75 Å². The van der Waals surface area contributed by atoms with Crippen LogP contribution in [0.3, 0.4) is 0 Å². The molecule has 0 fully saturated rings. The molecule has 132 valence electrons. The SMILES string of the molecule is CCc1cn(-c2ccc(CC(C)(C)C(F)(F)F)cc2OC)c(C)n1. The van der Waals surface area contributed by atoms with Crippen LogP contribution in [-0.2, 0) is 12.8 Å². The zero-order valence-corrected chi connectivity index (χ0v) is 14.7. The number of halogens is 3. The molecule has 0 amide bonds. The van der Waals surface area contributed by atoms with Crippen molar-refractivity contribution in [3.8, 4) is 11.4 Å². The van der Waals surface area contributed by atoms with Gasteiger partial charge in [0.15, 0.2) is 0 Å². The maximum atomic E-state index is 13.1. The smallest absolute Gasteiger partial charge is 0.394 e. The van der Waals surface area contributed by atoms with Crippen LogP contribution in [0.1, 0.15) is 37.9 Å². The van der Waals surface area contributed by atoms with Crippen molar-refractivity contribution < 1.29 is 17.9 Å². The van der Waals surface area contributed by atoms with Crippen molar-refractivity contribution in [2.45, 2.75) is 46.7 Å². The fourth-order valence-electron chi connectivity index (χ4n) is 2.59. The summed E-state index contributed by atoms with van der Waals surface area (Å²) in [6.45, 7) is 6.33. The molecule has 0 saturated carbocycles. The van der Waals surface area contributed by atoms with Crippen LogP contribution in [-0.4, -0.2) is 22.8 Å². The second-order valence-corrected chi connectivity index (χ2v) is 6.57. The van der Waals surface area contributed by atoms with Gasteiger partial charge in [0.1, 0.15) is 11.6 Å². The molecule has 0 aliphatic heterocycles. The van der Waals surface area contributed by atoms with Gasteiger partial charge >= 0.3 is 6.18 Å². The molecule has 0 spiro atoms. The normalized spacial score (nSPS) is 12.5. The van der Waals surface area contributed by atoms with Crippen LogP contribution in [0.2, 0.25) is 0 Å². The second kappa shape index (κ2) is 6.49. The third-order valence-corrected chi connectivity index (χ3v) is 4.21. The minimum atomic E-state index is -4.25. The lowest BCUT2D eigenvalue weighted by Crippen LogP contribution is -2.34. The Kier molecular flexibility index (Phi) is 4.97. The van der Waals surface area contributed by atoms with Crippen LogP contribution in [0.25, 0.3) is 5.69 Å². The van der Waals surface area contributed by atoms with Crippen molar-refractivity contribution in [3.63, 3.8) is 0 Å². The Balaban J connectivity index is 2.39. The van der Waals surface area contributed by atoms with Crippen molar-refractivity contribution in [1.82, 2.24) is 9.55 Å². The van der Waals surface area contributed by atoms with Gasteiger partial charge < -0.3 is 9.30 Å². The van der Waals surface area contributed by atoms with E-state index in [1.165, 1.54) is 21.0 Å². The monoisotopic (exact) mass is 340 g/mol. The number of benzene rings is 1. The van der Waals surface area contributed by atoms with Crippen LogP contribution < -0.4 is 4.74 Å². The van der Waals surface area contributed by atoms with Gasteiger partial charge in [0.25, 0.3) is 0 Å². The Labute approximate surface area is 140 Å². The fourth-order valence-corrected chi connectivity index (χ4v) is 2.59. The Hall–Kier alpha value is -1.98. The molecule has 1 aromatic heterocycles. The lowest BCUT2D eigenvalue weighted by atomic mass is 9.85. The summed E-state index contributed by atoms with van der Waals surface area (Å²) in [5.41, 5.74) is 0.527. The minimum Gasteiger partial charge on any atom is -0.495 e. The lowest BCUT2D eigenvalue weighted by molar-refractivity contribution is -0.211. The molecule has 0 aliphatic rings. The molecule has 24 heavy (non-hydrogen) atoms. The Morgan fingerprint density at radius 3 is 2.38 bits per heavy atom. The first kappa shape index (κ1) is 18.4. The Bertz CT molecular complexity index is 718. The highest BCUT2D eigenvalue weighted by Crippen LogP contribution is 2.41. The lowest BCUT2D eigenvalue weighted by Gasteiger charge is -2.28. The fraction of sp³-hybridized carbons (Fsp3) is 0.500. The van der Waals surface area contributed by atoms with E-state index in [0.29, 0.717) is 11.3 Å². The van der Waals surface area contributed by atoms with Gasteiger partial charge in [-0.3, -0.25) is 0 Å². The van der Waals surface area contributed by atoms with Crippen LogP contribution in [0, 0.1) is 12.3 Å². The number of aryl methyl sites for hydroxylation is 2. The molecule has 2 aromatic rings. The highest BCUT2D eigenvalue weighted by atomic mass is 19.4. The van der Waals surface area contributed by atoms with Crippen molar-refractivity contribution in [2.24, 2.45) is 5.41 Å². The van der Waals surface area contributed by atoms with Gasteiger partial charge in [-0.2, -0.15) is 13.2 Å². The number of rotatable bonds is 5. The van der Waals surface area contributed by atoms with E-state index < -0.39 is 11.6 Å². The number of nitrogens with zero attached hydrogens (tertiary/aromatic N) is 2. The molecular formula is C18H23F3N2O. The number of alkyl halides is 3. The predicted molar refractivity (Wildman–Crippen MR) is 87.8 cm³/mol. The van der Waals surface area contributed by atoms with E-state index in [1.54, 1.807) is 18.2 Å². The summed E-state index contributed by atoms with van der Waals surface area (Å²) in [5, 5.41) is 0. The summed E-state index contributed by atoms with van der Waals surface area (Å²) >= 11 is 0. The van der Waals surface area contributed by atoms with Gasteiger partial charge in [-0.25, -0.2) is 4.98 Å². The van der Waals surface area contributed by atoms with Gasteiger partial charge in [0, 0.05) is 6.20 Å². The van der Waals surface area contributed by atoms with E-state index in [1.807, 2.05) is 24.6 Å². The van der Waals surface area contributed by atoms with Crippen LogP contribution in [0.15, 0.2) is 24.4 Å². The number of hydrogen-bond acceptors (Lipinski definition) is 2. The summed E-state index contributed by atoms with van der Waals surface area (Å²) in [7, 11) is 1.52. The Morgan fingerprint density at radius 2 is 1.88 bits per heavy atom. The minimum absolute atomic E-state index is 0.101. The van der Waals surface area contributed by atoms with Gasteiger partial charge in [-0.1, -0.05) is 26.8 Å². The highest BCUT2D eigenvalue weighted by Gasteiger charge is 2.47. The van der Waals surface area contributed by atoms with Crippen molar-refractivity contribution in [1.29, 1.82) is 0 Å². The molecule has 0 aliphatic carbocycles. The zero-order valence-electron chi connectivity index (χ0n) is 14.7. The summed E-state index contributed by atoms with van der Waals surface area (Å²) < 4.78 is 46.6. The first-order valence-corrected chi connectivity index (χ1v) is 7.88. The zero-order chi connectivity index (χ0) is 18.1. The van der Waals surface area contributed by atoms with Gasteiger partial charge in [0.05, 0.1) is 23.9 Å². The van der Waals surface area contributed by atoms with E-state index in [9.17, 15) is 13.2 Å². The van der Waals surface area contributed by atoms with Crippen molar-refractivity contribution in [2.75, 3.05) is 7.11 Å². The van der Waals surface area contributed by atoms with Crippen molar-refractivity contribution >= 4 is 0 Å². The van der Waals surface area contributed by atoms with E-state index >= 15 is 0 Å². The molecule has 0 radical (unpaired) electrons.